The third-order valence-electron chi connectivity index (χ3n) is 5.15. The lowest BCUT2D eigenvalue weighted by Crippen LogP contribution is -2.42. The number of nitrogens with zero attached hydrogens (tertiary/aromatic N) is 2. The van der Waals surface area contributed by atoms with Gasteiger partial charge >= 0.3 is 6.18 Å². The van der Waals surface area contributed by atoms with Crippen LogP contribution >= 0.6 is 11.6 Å². The summed E-state index contributed by atoms with van der Waals surface area (Å²) in [5.41, 5.74) is -0.736. The number of amides is 3. The molecule has 0 saturated carbocycles. The molecule has 1 N–H and O–H groups in total. The predicted molar refractivity (Wildman–Crippen MR) is 114 cm³/mol. The summed E-state index contributed by atoms with van der Waals surface area (Å²) in [5.74, 6) is -2.05. The molecular weight excluding hydrogens is 447 g/mol. The van der Waals surface area contributed by atoms with Crippen LogP contribution in [0.1, 0.15) is 18.9 Å². The van der Waals surface area contributed by atoms with Crippen LogP contribution in [-0.2, 0) is 20.6 Å². The zero-order valence-corrected chi connectivity index (χ0v) is 17.9. The molecule has 0 aromatic heterocycles. The van der Waals surface area contributed by atoms with Crippen LogP contribution in [0.15, 0.2) is 48.5 Å². The van der Waals surface area contributed by atoms with Crippen molar-refractivity contribution in [3.05, 3.63) is 59.1 Å². The zero-order valence-electron chi connectivity index (χ0n) is 17.2. The Morgan fingerprint density at radius 1 is 1.16 bits per heavy atom. The van der Waals surface area contributed by atoms with Gasteiger partial charge in [-0.1, -0.05) is 23.7 Å². The third-order valence-corrected chi connectivity index (χ3v) is 5.40. The van der Waals surface area contributed by atoms with Crippen LogP contribution in [0.3, 0.4) is 0 Å². The van der Waals surface area contributed by atoms with E-state index in [-0.39, 0.29) is 31.1 Å². The van der Waals surface area contributed by atoms with Crippen LogP contribution in [0.4, 0.5) is 24.5 Å². The maximum atomic E-state index is 13.1. The van der Waals surface area contributed by atoms with Gasteiger partial charge in [-0.15, -0.1) is 0 Å². The van der Waals surface area contributed by atoms with Crippen LogP contribution in [0, 0.1) is 5.92 Å². The lowest BCUT2D eigenvalue weighted by Gasteiger charge is -2.24. The summed E-state index contributed by atoms with van der Waals surface area (Å²) in [7, 11) is 0. The highest BCUT2D eigenvalue weighted by molar-refractivity contribution is 6.30. The molecule has 6 nitrogen and oxygen atoms in total. The van der Waals surface area contributed by atoms with Crippen molar-refractivity contribution in [3.8, 4) is 0 Å². The molecule has 1 fully saturated rings. The number of benzene rings is 2. The SMILES string of the molecule is CCN(CC(=O)Nc1ccccc1C(F)(F)F)C(=O)C1CC(=O)N(c2ccc(Cl)cc2)C1. The second-order valence-corrected chi connectivity index (χ2v) is 7.76. The van der Waals surface area contributed by atoms with E-state index in [9.17, 15) is 27.6 Å². The largest absolute Gasteiger partial charge is 0.418 e. The first-order valence-electron chi connectivity index (χ1n) is 9.91. The van der Waals surface area contributed by atoms with Crippen molar-refractivity contribution in [1.29, 1.82) is 0 Å². The molecule has 170 valence electrons. The number of halogens is 4. The number of para-hydroxylation sites is 1. The van der Waals surface area contributed by atoms with Crippen LogP contribution < -0.4 is 10.2 Å². The molecule has 0 radical (unpaired) electrons. The molecule has 3 rings (SSSR count). The summed E-state index contributed by atoms with van der Waals surface area (Å²) >= 11 is 5.87. The number of rotatable bonds is 6. The summed E-state index contributed by atoms with van der Waals surface area (Å²) in [5, 5.41) is 2.75. The number of nitrogens with one attached hydrogen (secondary N) is 1. The van der Waals surface area contributed by atoms with Crippen molar-refractivity contribution < 1.29 is 27.6 Å². The van der Waals surface area contributed by atoms with Gasteiger partial charge in [0.1, 0.15) is 0 Å². The minimum absolute atomic E-state index is 0.0174. The molecule has 2 aromatic rings. The number of likely N-dealkylation sites (N-methyl/N-ethyl adjacent to an activating group) is 1. The quantitative estimate of drug-likeness (QED) is 0.692. The fourth-order valence-electron chi connectivity index (χ4n) is 3.55. The van der Waals surface area contributed by atoms with Crippen molar-refractivity contribution in [3.63, 3.8) is 0 Å². The molecule has 3 amide bonds. The molecule has 1 atom stereocenters. The predicted octanol–water partition coefficient (Wildman–Crippen LogP) is 4.20. The highest BCUT2D eigenvalue weighted by atomic mass is 35.5. The Morgan fingerprint density at radius 3 is 2.44 bits per heavy atom. The van der Waals surface area contributed by atoms with E-state index in [1.54, 1.807) is 31.2 Å². The number of hydrogen-bond acceptors (Lipinski definition) is 3. The van der Waals surface area contributed by atoms with Crippen molar-refractivity contribution in [2.75, 3.05) is 29.9 Å². The Labute approximate surface area is 187 Å². The lowest BCUT2D eigenvalue weighted by molar-refractivity contribution is -0.138. The van der Waals surface area contributed by atoms with E-state index in [0.717, 1.165) is 12.1 Å². The minimum Gasteiger partial charge on any atom is -0.333 e. The average molecular weight is 468 g/mol. The summed E-state index contributed by atoms with van der Waals surface area (Å²) in [6, 6.07) is 11.3. The van der Waals surface area contributed by atoms with Gasteiger partial charge in [-0.05, 0) is 43.3 Å². The molecule has 1 heterocycles. The van der Waals surface area contributed by atoms with Gasteiger partial charge in [-0.25, -0.2) is 0 Å². The van der Waals surface area contributed by atoms with E-state index >= 15 is 0 Å². The molecular formula is C22H21ClF3N3O3. The molecule has 1 unspecified atom stereocenters. The Bertz CT molecular complexity index is 1010. The van der Waals surface area contributed by atoms with Gasteiger partial charge in [-0.2, -0.15) is 13.2 Å². The van der Waals surface area contributed by atoms with E-state index in [1.807, 2.05) is 0 Å². The van der Waals surface area contributed by atoms with Gasteiger partial charge < -0.3 is 15.1 Å². The summed E-state index contributed by atoms with van der Waals surface area (Å²) < 4.78 is 39.4. The van der Waals surface area contributed by atoms with Crippen molar-refractivity contribution in [2.24, 2.45) is 5.92 Å². The molecule has 1 aliphatic rings. The van der Waals surface area contributed by atoms with Crippen molar-refractivity contribution in [1.82, 2.24) is 4.90 Å². The lowest BCUT2D eigenvalue weighted by atomic mass is 10.1. The fourth-order valence-corrected chi connectivity index (χ4v) is 3.68. The summed E-state index contributed by atoms with van der Waals surface area (Å²) in [4.78, 5) is 40.5. The smallest absolute Gasteiger partial charge is 0.333 e. The number of carbonyl (C=O) groups excluding carboxylic acids is 3. The van der Waals surface area contributed by atoms with Crippen LogP contribution in [0.25, 0.3) is 0 Å². The van der Waals surface area contributed by atoms with Crippen LogP contribution in [-0.4, -0.2) is 42.3 Å². The second kappa shape index (κ2) is 9.60. The van der Waals surface area contributed by atoms with E-state index in [4.69, 9.17) is 11.6 Å². The minimum atomic E-state index is -4.63. The van der Waals surface area contributed by atoms with Gasteiger partial charge in [0.2, 0.25) is 17.7 Å². The maximum absolute atomic E-state index is 13.1. The Kier molecular flexibility index (Phi) is 7.08. The van der Waals surface area contributed by atoms with Gasteiger partial charge in [0.25, 0.3) is 0 Å². The molecule has 0 aliphatic carbocycles. The topological polar surface area (TPSA) is 69.7 Å². The molecule has 10 heteroatoms. The molecule has 1 saturated heterocycles. The van der Waals surface area contributed by atoms with Gasteiger partial charge in [0, 0.05) is 30.2 Å². The standard InChI is InChI=1S/C22H21ClF3N3O3/c1-2-28(13-19(30)27-18-6-4-3-5-17(18)22(24,25)26)21(32)14-11-20(31)29(12-14)16-9-7-15(23)8-10-16/h3-10,14H,2,11-13H2,1H3,(H,27,30). The van der Waals surface area contributed by atoms with Crippen LogP contribution in [0.5, 0.6) is 0 Å². The highest BCUT2D eigenvalue weighted by Crippen LogP contribution is 2.34. The molecule has 1 aliphatic heterocycles. The summed E-state index contributed by atoms with van der Waals surface area (Å²) in [6.45, 7) is 1.54. The number of carbonyl (C=O) groups is 3. The third kappa shape index (κ3) is 5.40. The Hall–Kier alpha value is -3.07. The van der Waals surface area contributed by atoms with E-state index in [2.05, 4.69) is 5.32 Å². The second-order valence-electron chi connectivity index (χ2n) is 7.33. The number of anilines is 2. The Morgan fingerprint density at radius 2 is 1.81 bits per heavy atom. The monoisotopic (exact) mass is 467 g/mol. The van der Waals surface area contributed by atoms with Crippen molar-refractivity contribution >= 4 is 40.7 Å². The first kappa shape index (κ1) is 23.6. The van der Waals surface area contributed by atoms with Gasteiger partial charge in [0.15, 0.2) is 0 Å². The summed E-state index contributed by atoms with van der Waals surface area (Å²) in [6.07, 6.45) is -4.64. The molecule has 0 spiro atoms. The van der Waals surface area contributed by atoms with Crippen LogP contribution in [0.2, 0.25) is 5.02 Å². The highest BCUT2D eigenvalue weighted by Gasteiger charge is 2.38. The van der Waals surface area contributed by atoms with E-state index in [1.165, 1.54) is 21.9 Å². The number of alkyl halides is 3. The van der Waals surface area contributed by atoms with E-state index in [0.29, 0.717) is 10.7 Å². The van der Waals surface area contributed by atoms with Gasteiger partial charge in [-0.3, -0.25) is 14.4 Å². The zero-order chi connectivity index (χ0) is 23.5. The first-order valence-corrected chi connectivity index (χ1v) is 10.3. The van der Waals surface area contributed by atoms with Gasteiger partial charge in [0.05, 0.1) is 23.7 Å². The molecule has 2 aromatic carbocycles. The fraction of sp³-hybridized carbons (Fsp3) is 0.318. The van der Waals surface area contributed by atoms with Crippen molar-refractivity contribution in [2.45, 2.75) is 19.5 Å². The first-order chi connectivity index (χ1) is 15.1. The number of hydrogen-bond donors (Lipinski definition) is 1. The molecule has 32 heavy (non-hydrogen) atoms. The maximum Gasteiger partial charge on any atom is 0.418 e. The normalized spacial score (nSPS) is 16.2. The molecule has 0 bridgehead atoms. The van der Waals surface area contributed by atoms with E-state index < -0.39 is 36.0 Å². The Balaban J connectivity index is 1.66. The average Bonchev–Trinajstić information content (AvgIpc) is 3.13.